The summed E-state index contributed by atoms with van der Waals surface area (Å²) >= 11 is 0. The van der Waals surface area contributed by atoms with Gasteiger partial charge in [-0.1, -0.05) is 12.1 Å². The van der Waals surface area contributed by atoms with Crippen molar-refractivity contribution in [3.8, 4) is 0 Å². The molecule has 0 aliphatic carbocycles. The van der Waals surface area contributed by atoms with Crippen LogP contribution in [0, 0.1) is 5.41 Å². The van der Waals surface area contributed by atoms with Crippen molar-refractivity contribution < 1.29 is 4.79 Å². The number of nitrogens with zero attached hydrogens (tertiary/aromatic N) is 3. The lowest BCUT2D eigenvalue weighted by Crippen LogP contribution is -2.37. The molecule has 6 nitrogen and oxygen atoms in total. The van der Waals surface area contributed by atoms with E-state index < -0.39 is 5.41 Å². The molecule has 0 fully saturated rings. The van der Waals surface area contributed by atoms with Crippen LogP contribution in [0.5, 0.6) is 0 Å². The lowest BCUT2D eigenvalue weighted by molar-refractivity contribution is -0.123. The van der Waals surface area contributed by atoms with E-state index in [1.165, 1.54) is 6.33 Å². The van der Waals surface area contributed by atoms with Crippen molar-refractivity contribution >= 4 is 36.4 Å². The van der Waals surface area contributed by atoms with Crippen LogP contribution in [0.2, 0.25) is 0 Å². The molecule has 22 heavy (non-hydrogen) atoms. The summed E-state index contributed by atoms with van der Waals surface area (Å²) in [4.78, 5) is 15.9. The largest absolute Gasteiger partial charge is 0.329 e. The molecule has 2 aromatic rings. The SMILES string of the molecule is CC(C)(CN)C(=O)Nc1ccc(Cn2cncn2)cc1.Cl.Cl. The normalized spacial score (nSPS) is 10.3. The van der Waals surface area contributed by atoms with Crippen LogP contribution in [-0.4, -0.2) is 27.2 Å². The second-order valence-electron chi connectivity index (χ2n) is 5.33. The molecule has 0 atom stereocenters. The first kappa shape index (κ1) is 20.4. The summed E-state index contributed by atoms with van der Waals surface area (Å²) in [5.41, 5.74) is 6.87. The quantitative estimate of drug-likeness (QED) is 0.868. The molecule has 1 heterocycles. The summed E-state index contributed by atoms with van der Waals surface area (Å²) in [6, 6.07) is 7.65. The van der Waals surface area contributed by atoms with Gasteiger partial charge in [-0.2, -0.15) is 5.10 Å². The van der Waals surface area contributed by atoms with Gasteiger partial charge in [-0.3, -0.25) is 4.79 Å². The summed E-state index contributed by atoms with van der Waals surface area (Å²) in [6.07, 6.45) is 3.17. The van der Waals surface area contributed by atoms with Crippen molar-refractivity contribution in [2.75, 3.05) is 11.9 Å². The highest BCUT2D eigenvalue weighted by Gasteiger charge is 2.25. The van der Waals surface area contributed by atoms with Crippen molar-refractivity contribution in [3.05, 3.63) is 42.5 Å². The first-order valence-electron chi connectivity index (χ1n) is 6.44. The molecule has 0 radical (unpaired) electrons. The molecule has 3 N–H and O–H groups in total. The van der Waals surface area contributed by atoms with E-state index in [-0.39, 0.29) is 30.7 Å². The van der Waals surface area contributed by atoms with E-state index >= 15 is 0 Å². The van der Waals surface area contributed by atoms with Crippen LogP contribution in [0.1, 0.15) is 19.4 Å². The molecular weight excluding hydrogens is 325 g/mol. The topological polar surface area (TPSA) is 85.8 Å². The molecule has 1 amide bonds. The Morgan fingerprint density at radius 3 is 2.41 bits per heavy atom. The molecule has 0 saturated carbocycles. The Hall–Kier alpha value is -1.63. The fourth-order valence-electron chi connectivity index (χ4n) is 1.59. The minimum Gasteiger partial charge on any atom is -0.329 e. The highest BCUT2D eigenvalue weighted by Crippen LogP contribution is 2.17. The number of amides is 1. The average Bonchev–Trinajstić information content (AvgIpc) is 2.94. The summed E-state index contributed by atoms with van der Waals surface area (Å²) in [5, 5.41) is 6.91. The third kappa shape index (κ3) is 5.29. The Kier molecular flexibility index (Phi) is 8.08. The Morgan fingerprint density at radius 2 is 1.91 bits per heavy atom. The van der Waals surface area contributed by atoms with Crippen LogP contribution in [0.25, 0.3) is 0 Å². The molecule has 0 bridgehead atoms. The van der Waals surface area contributed by atoms with Crippen LogP contribution in [0.3, 0.4) is 0 Å². The lowest BCUT2D eigenvalue weighted by Gasteiger charge is -2.21. The zero-order valence-corrected chi connectivity index (χ0v) is 14.2. The van der Waals surface area contributed by atoms with Gasteiger partial charge in [-0.15, -0.1) is 24.8 Å². The third-order valence-electron chi connectivity index (χ3n) is 3.15. The number of carbonyl (C=O) groups is 1. The zero-order valence-electron chi connectivity index (χ0n) is 12.5. The van der Waals surface area contributed by atoms with Gasteiger partial charge in [0.15, 0.2) is 0 Å². The smallest absolute Gasteiger partial charge is 0.231 e. The number of rotatable bonds is 5. The number of nitrogens with two attached hydrogens (primary N) is 1. The van der Waals surface area contributed by atoms with Gasteiger partial charge in [0.1, 0.15) is 12.7 Å². The van der Waals surface area contributed by atoms with Gasteiger partial charge >= 0.3 is 0 Å². The minimum absolute atomic E-state index is 0. The highest BCUT2D eigenvalue weighted by atomic mass is 35.5. The number of benzene rings is 1. The Labute approximate surface area is 142 Å². The van der Waals surface area contributed by atoms with Crippen LogP contribution >= 0.6 is 24.8 Å². The molecule has 1 aromatic heterocycles. The summed E-state index contributed by atoms with van der Waals surface area (Å²) in [6.45, 7) is 4.61. The average molecular weight is 346 g/mol. The van der Waals surface area contributed by atoms with Crippen LogP contribution in [-0.2, 0) is 11.3 Å². The number of aromatic nitrogens is 3. The van der Waals surface area contributed by atoms with Crippen LogP contribution in [0.15, 0.2) is 36.9 Å². The van der Waals surface area contributed by atoms with Crippen molar-refractivity contribution in [1.29, 1.82) is 0 Å². The van der Waals surface area contributed by atoms with Crippen molar-refractivity contribution in [3.63, 3.8) is 0 Å². The van der Waals surface area contributed by atoms with Crippen molar-refractivity contribution in [1.82, 2.24) is 14.8 Å². The molecule has 8 heteroatoms. The maximum atomic E-state index is 12.0. The second-order valence-corrected chi connectivity index (χ2v) is 5.33. The molecular formula is C14H21Cl2N5O. The van der Waals surface area contributed by atoms with E-state index in [4.69, 9.17) is 5.73 Å². The first-order chi connectivity index (χ1) is 9.51. The lowest BCUT2D eigenvalue weighted by atomic mass is 9.92. The minimum atomic E-state index is -0.570. The summed E-state index contributed by atoms with van der Waals surface area (Å²) in [7, 11) is 0. The predicted molar refractivity (Wildman–Crippen MR) is 91.5 cm³/mol. The van der Waals surface area contributed by atoms with Gasteiger partial charge in [0.25, 0.3) is 0 Å². The van der Waals surface area contributed by atoms with Gasteiger partial charge < -0.3 is 11.1 Å². The monoisotopic (exact) mass is 345 g/mol. The van der Waals surface area contributed by atoms with E-state index in [0.717, 1.165) is 11.3 Å². The predicted octanol–water partition coefficient (Wildman–Crippen LogP) is 2.09. The molecule has 122 valence electrons. The van der Waals surface area contributed by atoms with Gasteiger partial charge in [0.05, 0.1) is 12.0 Å². The molecule has 1 aromatic carbocycles. The zero-order chi connectivity index (χ0) is 14.6. The number of hydrogen-bond donors (Lipinski definition) is 2. The third-order valence-corrected chi connectivity index (χ3v) is 3.15. The van der Waals surface area contributed by atoms with E-state index in [1.54, 1.807) is 11.0 Å². The second kappa shape index (κ2) is 8.73. The molecule has 0 saturated heterocycles. The Morgan fingerprint density at radius 1 is 1.27 bits per heavy atom. The van der Waals surface area contributed by atoms with E-state index in [0.29, 0.717) is 13.1 Å². The fourth-order valence-corrected chi connectivity index (χ4v) is 1.59. The van der Waals surface area contributed by atoms with Crippen LogP contribution < -0.4 is 11.1 Å². The van der Waals surface area contributed by atoms with E-state index in [9.17, 15) is 4.79 Å². The molecule has 2 rings (SSSR count). The van der Waals surface area contributed by atoms with Gasteiger partial charge in [-0.05, 0) is 31.5 Å². The van der Waals surface area contributed by atoms with Gasteiger partial charge in [-0.25, -0.2) is 9.67 Å². The maximum Gasteiger partial charge on any atom is 0.231 e. The van der Waals surface area contributed by atoms with E-state index in [2.05, 4.69) is 15.4 Å². The molecule has 0 unspecified atom stereocenters. The van der Waals surface area contributed by atoms with Crippen molar-refractivity contribution in [2.24, 2.45) is 11.1 Å². The number of halogens is 2. The molecule has 0 aliphatic heterocycles. The van der Waals surface area contributed by atoms with Gasteiger partial charge in [0.2, 0.25) is 5.91 Å². The van der Waals surface area contributed by atoms with Crippen LogP contribution in [0.4, 0.5) is 5.69 Å². The Balaban J connectivity index is 0.00000220. The fraction of sp³-hybridized carbons (Fsp3) is 0.357. The summed E-state index contributed by atoms with van der Waals surface area (Å²) < 4.78 is 1.74. The van der Waals surface area contributed by atoms with E-state index in [1.807, 2.05) is 38.1 Å². The number of hydrogen-bond acceptors (Lipinski definition) is 4. The standard InChI is InChI=1S/C14H19N5O.2ClH/c1-14(2,8-15)13(20)18-12-5-3-11(4-6-12)7-19-10-16-9-17-19;;/h3-6,9-10H,7-8,15H2,1-2H3,(H,18,20);2*1H. The molecule has 0 spiro atoms. The number of carbonyl (C=O) groups excluding carboxylic acids is 1. The summed E-state index contributed by atoms with van der Waals surface area (Å²) in [5.74, 6) is -0.0796. The van der Waals surface area contributed by atoms with Crippen molar-refractivity contribution in [2.45, 2.75) is 20.4 Å². The number of anilines is 1. The first-order valence-corrected chi connectivity index (χ1v) is 6.44. The highest BCUT2D eigenvalue weighted by molar-refractivity contribution is 5.94. The maximum absolute atomic E-state index is 12.0. The molecule has 0 aliphatic rings. The van der Waals surface area contributed by atoms with Gasteiger partial charge in [0, 0.05) is 12.2 Å². The number of nitrogens with one attached hydrogen (secondary N) is 1. The Bertz CT molecular complexity index is 569.